The van der Waals surface area contributed by atoms with Crippen LogP contribution in [0.4, 0.5) is 10.1 Å². The second-order valence-corrected chi connectivity index (χ2v) is 6.06. The van der Waals surface area contributed by atoms with Crippen LogP contribution in [0.5, 0.6) is 0 Å². The Kier molecular flexibility index (Phi) is 4.66. The fraction of sp³-hybridized carbons (Fsp3) is 0.625. The summed E-state index contributed by atoms with van der Waals surface area (Å²) in [6.45, 7) is 5.38. The molecule has 2 N–H and O–H groups in total. The van der Waals surface area contributed by atoms with Crippen LogP contribution in [0.3, 0.4) is 0 Å². The molecule has 1 saturated heterocycles. The molecule has 4 heteroatoms. The summed E-state index contributed by atoms with van der Waals surface area (Å²) in [5, 5.41) is 13.2. The zero-order chi connectivity index (χ0) is 14.8. The highest BCUT2D eigenvalue weighted by Gasteiger charge is 2.26. The van der Waals surface area contributed by atoms with E-state index in [1.165, 1.54) is 0 Å². The number of rotatable bonds is 3. The van der Waals surface area contributed by atoms with E-state index in [1.807, 2.05) is 37.9 Å². The highest BCUT2D eigenvalue weighted by molar-refractivity contribution is 5.49. The number of anilines is 1. The molecule has 1 aromatic carbocycles. The summed E-state index contributed by atoms with van der Waals surface area (Å²) in [5.41, 5.74) is 0.983. The van der Waals surface area contributed by atoms with Crippen LogP contribution < -0.4 is 10.2 Å². The second kappa shape index (κ2) is 6.10. The third kappa shape index (κ3) is 3.49. The van der Waals surface area contributed by atoms with E-state index in [9.17, 15) is 9.50 Å². The molecule has 1 fully saturated rings. The molecule has 2 unspecified atom stereocenters. The number of nitrogens with zero attached hydrogens (tertiary/aromatic N) is 1. The predicted octanol–water partition coefficient (Wildman–Crippen LogP) is 2.85. The summed E-state index contributed by atoms with van der Waals surface area (Å²) in [5.74, 6) is -0.175. The molecule has 0 spiro atoms. The molecule has 1 aromatic rings. The van der Waals surface area contributed by atoms with E-state index in [2.05, 4.69) is 5.32 Å². The Balaban J connectivity index is 2.16. The molecule has 1 heterocycles. The van der Waals surface area contributed by atoms with Crippen LogP contribution in [-0.2, 0) is 0 Å². The molecule has 20 heavy (non-hydrogen) atoms. The molecule has 112 valence electrons. The standard InChI is InChI=1S/C16H25FN2O/c1-12(18-3)13-5-6-15(14(17)11-13)19-9-4-7-16(2,20)8-10-19/h5-6,11-12,18,20H,4,7-10H2,1-3H3. The van der Waals surface area contributed by atoms with Crippen molar-refractivity contribution in [3.05, 3.63) is 29.6 Å². The van der Waals surface area contributed by atoms with Crippen molar-refractivity contribution in [1.82, 2.24) is 5.32 Å². The molecular formula is C16H25FN2O. The average Bonchev–Trinajstić information content (AvgIpc) is 2.59. The molecule has 0 radical (unpaired) electrons. The van der Waals surface area contributed by atoms with E-state index in [4.69, 9.17) is 0 Å². The van der Waals surface area contributed by atoms with Crippen LogP contribution in [-0.4, -0.2) is 30.8 Å². The van der Waals surface area contributed by atoms with Crippen LogP contribution in [0.2, 0.25) is 0 Å². The maximum atomic E-state index is 14.3. The first-order valence-corrected chi connectivity index (χ1v) is 7.37. The first-order valence-electron chi connectivity index (χ1n) is 7.37. The van der Waals surface area contributed by atoms with Gasteiger partial charge >= 0.3 is 0 Å². The van der Waals surface area contributed by atoms with Gasteiger partial charge in [0.1, 0.15) is 5.82 Å². The molecule has 0 amide bonds. The van der Waals surface area contributed by atoms with Crippen molar-refractivity contribution in [3.63, 3.8) is 0 Å². The van der Waals surface area contributed by atoms with Crippen LogP contribution in [0.1, 0.15) is 44.7 Å². The van der Waals surface area contributed by atoms with Gasteiger partial charge in [0, 0.05) is 19.1 Å². The molecular weight excluding hydrogens is 255 g/mol. The van der Waals surface area contributed by atoms with Crippen LogP contribution in [0, 0.1) is 5.82 Å². The first kappa shape index (κ1) is 15.3. The topological polar surface area (TPSA) is 35.5 Å². The lowest BCUT2D eigenvalue weighted by atomic mass is 9.98. The van der Waals surface area contributed by atoms with Gasteiger partial charge in [-0.05, 0) is 57.9 Å². The number of aliphatic hydroxyl groups is 1. The maximum absolute atomic E-state index is 14.3. The highest BCUT2D eigenvalue weighted by Crippen LogP contribution is 2.28. The smallest absolute Gasteiger partial charge is 0.146 e. The number of hydrogen-bond acceptors (Lipinski definition) is 3. The number of halogens is 1. The van der Waals surface area contributed by atoms with E-state index in [-0.39, 0.29) is 11.9 Å². The zero-order valence-electron chi connectivity index (χ0n) is 12.6. The Bertz CT molecular complexity index is 462. The maximum Gasteiger partial charge on any atom is 0.146 e. The largest absolute Gasteiger partial charge is 0.390 e. The SMILES string of the molecule is CNC(C)c1ccc(N2CCCC(C)(O)CC2)c(F)c1. The van der Waals surface area contributed by atoms with Crippen molar-refractivity contribution < 1.29 is 9.50 Å². The minimum atomic E-state index is -0.619. The van der Waals surface area contributed by atoms with Crippen molar-refractivity contribution in [2.45, 2.75) is 44.8 Å². The van der Waals surface area contributed by atoms with E-state index in [1.54, 1.807) is 6.07 Å². The lowest BCUT2D eigenvalue weighted by Crippen LogP contribution is -2.28. The highest BCUT2D eigenvalue weighted by atomic mass is 19.1. The Morgan fingerprint density at radius 3 is 2.75 bits per heavy atom. The van der Waals surface area contributed by atoms with Gasteiger partial charge in [0.15, 0.2) is 0 Å². The van der Waals surface area contributed by atoms with Crippen LogP contribution in [0.15, 0.2) is 18.2 Å². The summed E-state index contributed by atoms with van der Waals surface area (Å²) in [6, 6.07) is 5.59. The van der Waals surface area contributed by atoms with Crippen molar-refractivity contribution in [1.29, 1.82) is 0 Å². The molecule has 3 nitrogen and oxygen atoms in total. The van der Waals surface area contributed by atoms with E-state index in [0.29, 0.717) is 18.7 Å². The minimum Gasteiger partial charge on any atom is -0.390 e. The lowest BCUT2D eigenvalue weighted by Gasteiger charge is -2.25. The van der Waals surface area contributed by atoms with E-state index in [0.717, 1.165) is 24.9 Å². The molecule has 0 bridgehead atoms. The van der Waals surface area contributed by atoms with Gasteiger partial charge in [-0.15, -0.1) is 0 Å². The fourth-order valence-corrected chi connectivity index (χ4v) is 2.72. The number of benzene rings is 1. The first-order chi connectivity index (χ1) is 9.43. The average molecular weight is 280 g/mol. The quantitative estimate of drug-likeness (QED) is 0.893. The number of nitrogens with one attached hydrogen (secondary N) is 1. The van der Waals surface area contributed by atoms with Gasteiger partial charge in [-0.2, -0.15) is 0 Å². The van der Waals surface area contributed by atoms with Gasteiger partial charge in [-0.1, -0.05) is 6.07 Å². The van der Waals surface area contributed by atoms with Crippen molar-refractivity contribution in [2.24, 2.45) is 0 Å². The van der Waals surface area contributed by atoms with E-state index >= 15 is 0 Å². The van der Waals surface area contributed by atoms with Crippen molar-refractivity contribution in [2.75, 3.05) is 25.0 Å². The molecule has 0 aromatic heterocycles. The summed E-state index contributed by atoms with van der Waals surface area (Å²) >= 11 is 0. The summed E-state index contributed by atoms with van der Waals surface area (Å²) < 4.78 is 14.3. The zero-order valence-corrected chi connectivity index (χ0v) is 12.6. The third-order valence-corrected chi connectivity index (χ3v) is 4.31. The lowest BCUT2D eigenvalue weighted by molar-refractivity contribution is 0.0481. The normalized spacial score (nSPS) is 25.4. The van der Waals surface area contributed by atoms with Gasteiger partial charge < -0.3 is 15.3 Å². The number of hydrogen-bond donors (Lipinski definition) is 2. The second-order valence-electron chi connectivity index (χ2n) is 6.06. The Labute approximate surface area is 120 Å². The van der Waals surface area contributed by atoms with Gasteiger partial charge in [-0.3, -0.25) is 0 Å². The Hall–Kier alpha value is -1.13. The van der Waals surface area contributed by atoms with Crippen LogP contribution in [0.25, 0.3) is 0 Å². The minimum absolute atomic E-state index is 0.142. The van der Waals surface area contributed by atoms with Crippen molar-refractivity contribution >= 4 is 5.69 Å². The monoisotopic (exact) mass is 280 g/mol. The molecule has 2 atom stereocenters. The summed E-state index contributed by atoms with van der Waals surface area (Å²) in [6.07, 6.45) is 2.35. The van der Waals surface area contributed by atoms with Crippen molar-refractivity contribution in [3.8, 4) is 0 Å². The van der Waals surface area contributed by atoms with Gasteiger partial charge in [0.2, 0.25) is 0 Å². The fourth-order valence-electron chi connectivity index (χ4n) is 2.72. The van der Waals surface area contributed by atoms with Gasteiger partial charge in [0.05, 0.1) is 11.3 Å². The predicted molar refractivity (Wildman–Crippen MR) is 80.6 cm³/mol. The summed E-state index contributed by atoms with van der Waals surface area (Å²) in [7, 11) is 1.87. The Morgan fingerprint density at radius 1 is 1.35 bits per heavy atom. The van der Waals surface area contributed by atoms with Gasteiger partial charge in [0.25, 0.3) is 0 Å². The molecule has 1 aliphatic heterocycles. The molecule has 2 rings (SSSR count). The van der Waals surface area contributed by atoms with Gasteiger partial charge in [-0.25, -0.2) is 4.39 Å². The summed E-state index contributed by atoms with van der Waals surface area (Å²) in [4.78, 5) is 2.05. The van der Waals surface area contributed by atoms with Crippen LogP contribution >= 0.6 is 0 Å². The van der Waals surface area contributed by atoms with E-state index < -0.39 is 5.60 Å². The molecule has 1 aliphatic rings. The third-order valence-electron chi connectivity index (χ3n) is 4.31. The molecule has 0 aliphatic carbocycles. The molecule has 0 saturated carbocycles. The Morgan fingerprint density at radius 2 is 2.10 bits per heavy atom.